The summed E-state index contributed by atoms with van der Waals surface area (Å²) in [5, 5.41) is 11.8. The van der Waals surface area contributed by atoms with Gasteiger partial charge in [-0.05, 0) is 37.1 Å². The number of halogens is 1. The Morgan fingerprint density at radius 1 is 1.57 bits per heavy atom. The Morgan fingerprint density at radius 3 is 2.86 bits per heavy atom. The minimum atomic E-state index is -0.151. The first kappa shape index (κ1) is 11.1. The van der Waals surface area contributed by atoms with E-state index in [0.29, 0.717) is 0 Å². The highest BCUT2D eigenvalue weighted by atomic mass is 79.9. The van der Waals surface area contributed by atoms with Gasteiger partial charge < -0.3 is 5.32 Å². The molecule has 0 saturated carbocycles. The van der Waals surface area contributed by atoms with Crippen LogP contribution in [0.5, 0.6) is 0 Å². The number of benzene rings is 1. The lowest BCUT2D eigenvalue weighted by Crippen LogP contribution is -2.13. The zero-order chi connectivity index (χ0) is 10.6. The van der Waals surface area contributed by atoms with Crippen molar-refractivity contribution in [1.29, 1.82) is 5.26 Å². The minimum absolute atomic E-state index is 0.151. The fraction of sp³-hybridized carbons (Fsp3) is 0.364. The van der Waals surface area contributed by atoms with Gasteiger partial charge in [0.1, 0.15) is 6.04 Å². The second-order valence-electron chi connectivity index (χ2n) is 3.15. The SMILES string of the molecule is CCc1cc(Br)ccc1NC(C)C#N. The molecule has 0 heterocycles. The molecule has 1 aromatic rings. The molecule has 1 unspecified atom stereocenters. The Morgan fingerprint density at radius 2 is 2.29 bits per heavy atom. The summed E-state index contributed by atoms with van der Waals surface area (Å²) in [6, 6.07) is 8.06. The van der Waals surface area contributed by atoms with Crippen molar-refractivity contribution < 1.29 is 0 Å². The highest BCUT2D eigenvalue weighted by Crippen LogP contribution is 2.21. The standard InChI is InChI=1S/C11H13BrN2/c1-3-9-6-10(12)4-5-11(9)14-8(2)7-13/h4-6,8,14H,3H2,1-2H3. The number of hydrogen-bond acceptors (Lipinski definition) is 2. The number of anilines is 1. The summed E-state index contributed by atoms with van der Waals surface area (Å²) in [7, 11) is 0. The summed E-state index contributed by atoms with van der Waals surface area (Å²) in [6.07, 6.45) is 0.958. The van der Waals surface area contributed by atoms with E-state index >= 15 is 0 Å². The molecule has 0 aliphatic heterocycles. The van der Waals surface area contributed by atoms with Crippen LogP contribution in [0.15, 0.2) is 22.7 Å². The van der Waals surface area contributed by atoms with E-state index in [-0.39, 0.29) is 6.04 Å². The van der Waals surface area contributed by atoms with Crippen molar-refractivity contribution in [2.75, 3.05) is 5.32 Å². The smallest absolute Gasteiger partial charge is 0.111 e. The number of aryl methyl sites for hydroxylation is 1. The molecule has 1 atom stereocenters. The average Bonchev–Trinajstić information content (AvgIpc) is 2.20. The quantitative estimate of drug-likeness (QED) is 0.896. The molecule has 1 N–H and O–H groups in total. The van der Waals surface area contributed by atoms with Crippen LogP contribution in [0.4, 0.5) is 5.69 Å². The normalized spacial score (nSPS) is 11.9. The molecule has 74 valence electrons. The van der Waals surface area contributed by atoms with E-state index in [9.17, 15) is 0 Å². The summed E-state index contributed by atoms with van der Waals surface area (Å²) in [5.41, 5.74) is 2.27. The van der Waals surface area contributed by atoms with Crippen LogP contribution in [-0.2, 0) is 6.42 Å². The van der Waals surface area contributed by atoms with Gasteiger partial charge in [-0.2, -0.15) is 5.26 Å². The molecular formula is C11H13BrN2. The number of hydrogen-bond donors (Lipinski definition) is 1. The molecule has 0 amide bonds. The van der Waals surface area contributed by atoms with Crippen molar-refractivity contribution in [3.63, 3.8) is 0 Å². The van der Waals surface area contributed by atoms with Crippen molar-refractivity contribution >= 4 is 21.6 Å². The van der Waals surface area contributed by atoms with E-state index in [4.69, 9.17) is 5.26 Å². The van der Waals surface area contributed by atoms with E-state index in [1.807, 2.05) is 19.1 Å². The van der Waals surface area contributed by atoms with Crippen LogP contribution in [0.1, 0.15) is 19.4 Å². The van der Waals surface area contributed by atoms with Crippen molar-refractivity contribution in [2.24, 2.45) is 0 Å². The van der Waals surface area contributed by atoms with Crippen LogP contribution in [-0.4, -0.2) is 6.04 Å². The highest BCUT2D eigenvalue weighted by molar-refractivity contribution is 9.10. The number of rotatable bonds is 3. The largest absolute Gasteiger partial charge is 0.370 e. The third-order valence-electron chi connectivity index (χ3n) is 2.01. The van der Waals surface area contributed by atoms with Crippen molar-refractivity contribution in [1.82, 2.24) is 0 Å². The molecule has 0 radical (unpaired) electrons. The Labute approximate surface area is 93.1 Å². The number of nitrogens with zero attached hydrogens (tertiary/aromatic N) is 1. The zero-order valence-electron chi connectivity index (χ0n) is 8.34. The lowest BCUT2D eigenvalue weighted by molar-refractivity contribution is 0.996. The Hall–Kier alpha value is -1.01. The van der Waals surface area contributed by atoms with Crippen LogP contribution in [0.2, 0.25) is 0 Å². The van der Waals surface area contributed by atoms with Crippen molar-refractivity contribution in [2.45, 2.75) is 26.3 Å². The van der Waals surface area contributed by atoms with E-state index in [2.05, 4.69) is 40.3 Å². The van der Waals surface area contributed by atoms with Crippen LogP contribution >= 0.6 is 15.9 Å². The fourth-order valence-corrected chi connectivity index (χ4v) is 1.67. The minimum Gasteiger partial charge on any atom is -0.370 e. The molecule has 2 nitrogen and oxygen atoms in total. The molecule has 0 bridgehead atoms. The van der Waals surface area contributed by atoms with E-state index in [1.165, 1.54) is 5.56 Å². The molecule has 0 saturated heterocycles. The van der Waals surface area contributed by atoms with Crippen molar-refractivity contribution in [3.8, 4) is 6.07 Å². The van der Waals surface area contributed by atoms with Gasteiger partial charge in [-0.25, -0.2) is 0 Å². The van der Waals surface area contributed by atoms with E-state index in [0.717, 1.165) is 16.6 Å². The van der Waals surface area contributed by atoms with Gasteiger partial charge in [-0.15, -0.1) is 0 Å². The molecular weight excluding hydrogens is 240 g/mol. The first-order chi connectivity index (χ1) is 6.67. The Bertz CT molecular complexity index is 355. The molecule has 0 aromatic heterocycles. The second-order valence-corrected chi connectivity index (χ2v) is 4.07. The summed E-state index contributed by atoms with van der Waals surface area (Å²) in [5.74, 6) is 0. The van der Waals surface area contributed by atoms with Gasteiger partial charge in [0.05, 0.1) is 6.07 Å². The van der Waals surface area contributed by atoms with Crippen LogP contribution in [0.3, 0.4) is 0 Å². The van der Waals surface area contributed by atoms with E-state index < -0.39 is 0 Å². The van der Waals surface area contributed by atoms with Crippen LogP contribution < -0.4 is 5.32 Å². The fourth-order valence-electron chi connectivity index (χ4n) is 1.26. The van der Waals surface area contributed by atoms with Gasteiger partial charge in [0, 0.05) is 10.2 Å². The summed E-state index contributed by atoms with van der Waals surface area (Å²) < 4.78 is 1.07. The lowest BCUT2D eigenvalue weighted by atomic mass is 10.1. The predicted molar refractivity (Wildman–Crippen MR) is 62.2 cm³/mol. The van der Waals surface area contributed by atoms with Gasteiger partial charge in [-0.3, -0.25) is 0 Å². The maximum atomic E-state index is 8.69. The highest BCUT2D eigenvalue weighted by Gasteiger charge is 2.04. The summed E-state index contributed by atoms with van der Waals surface area (Å²) >= 11 is 3.43. The van der Waals surface area contributed by atoms with Crippen LogP contribution in [0.25, 0.3) is 0 Å². The van der Waals surface area contributed by atoms with Gasteiger partial charge in [-0.1, -0.05) is 22.9 Å². The topological polar surface area (TPSA) is 35.8 Å². The molecule has 0 aliphatic carbocycles. The third-order valence-corrected chi connectivity index (χ3v) is 2.51. The zero-order valence-corrected chi connectivity index (χ0v) is 9.93. The first-order valence-electron chi connectivity index (χ1n) is 4.62. The predicted octanol–water partition coefficient (Wildman–Crippen LogP) is 3.34. The van der Waals surface area contributed by atoms with E-state index in [1.54, 1.807) is 0 Å². The lowest BCUT2D eigenvalue weighted by Gasteiger charge is -2.12. The monoisotopic (exact) mass is 252 g/mol. The molecule has 1 rings (SSSR count). The van der Waals surface area contributed by atoms with Gasteiger partial charge in [0.15, 0.2) is 0 Å². The number of nitrogens with one attached hydrogen (secondary N) is 1. The molecule has 14 heavy (non-hydrogen) atoms. The van der Waals surface area contributed by atoms with Gasteiger partial charge >= 0.3 is 0 Å². The second kappa shape index (κ2) is 5.02. The van der Waals surface area contributed by atoms with Gasteiger partial charge in [0.25, 0.3) is 0 Å². The van der Waals surface area contributed by atoms with Crippen molar-refractivity contribution in [3.05, 3.63) is 28.2 Å². The molecule has 3 heteroatoms. The average molecular weight is 253 g/mol. The van der Waals surface area contributed by atoms with Gasteiger partial charge in [0.2, 0.25) is 0 Å². The maximum Gasteiger partial charge on any atom is 0.111 e. The number of nitriles is 1. The molecule has 0 spiro atoms. The molecule has 0 fully saturated rings. The van der Waals surface area contributed by atoms with Crippen LogP contribution in [0, 0.1) is 11.3 Å². The summed E-state index contributed by atoms with van der Waals surface area (Å²) in [6.45, 7) is 3.95. The maximum absolute atomic E-state index is 8.69. The summed E-state index contributed by atoms with van der Waals surface area (Å²) in [4.78, 5) is 0. The Kier molecular flexibility index (Phi) is 3.97. The molecule has 0 aliphatic rings. The first-order valence-corrected chi connectivity index (χ1v) is 5.41. The Balaban J connectivity index is 2.92. The molecule has 1 aromatic carbocycles. The third kappa shape index (κ3) is 2.74.